The van der Waals surface area contributed by atoms with Crippen molar-refractivity contribution in [3.05, 3.63) is 17.8 Å². The summed E-state index contributed by atoms with van der Waals surface area (Å²) in [5.41, 5.74) is 0.373. The number of hydrogen-bond donors (Lipinski definition) is 3. The molecule has 3 N–H and O–H groups in total. The molecule has 2 bridgehead atoms. The van der Waals surface area contributed by atoms with Crippen LogP contribution in [0.25, 0.3) is 0 Å². The Morgan fingerprint density at radius 3 is 2.71 bits per heavy atom. The lowest BCUT2D eigenvalue weighted by molar-refractivity contribution is -0.159. The van der Waals surface area contributed by atoms with E-state index in [1.54, 1.807) is 13.8 Å². The van der Waals surface area contributed by atoms with Gasteiger partial charge in [0.15, 0.2) is 6.39 Å². The Balaban J connectivity index is 1.52. The average Bonchev–Trinajstić information content (AvgIpc) is 3.11. The molecule has 1 saturated carbocycles. The summed E-state index contributed by atoms with van der Waals surface area (Å²) in [5, 5.41) is 10.2. The summed E-state index contributed by atoms with van der Waals surface area (Å²) in [6.07, 6.45) is 4.93. The minimum Gasteiger partial charge on any atom is -0.438 e. The molecule has 3 heterocycles. The van der Waals surface area contributed by atoms with Crippen molar-refractivity contribution in [2.75, 3.05) is 13.2 Å². The summed E-state index contributed by atoms with van der Waals surface area (Å²) in [4.78, 5) is 28.7. The van der Waals surface area contributed by atoms with E-state index in [9.17, 15) is 9.59 Å². The van der Waals surface area contributed by atoms with Crippen LogP contribution in [0.4, 0.5) is 0 Å². The summed E-state index contributed by atoms with van der Waals surface area (Å²) in [7, 11) is 0. The largest absolute Gasteiger partial charge is 0.438 e. The molecule has 2 amide bonds. The van der Waals surface area contributed by atoms with E-state index in [0.29, 0.717) is 43.1 Å². The zero-order chi connectivity index (χ0) is 22.4. The number of carbonyl (C=O) groups excluding carboxylic acids is 2. The molecule has 3 aliphatic rings. The second kappa shape index (κ2) is 8.20. The lowest BCUT2D eigenvalue weighted by Crippen LogP contribution is -2.75. The van der Waals surface area contributed by atoms with Crippen molar-refractivity contribution in [3.63, 3.8) is 0 Å². The van der Waals surface area contributed by atoms with Gasteiger partial charge in [0.2, 0.25) is 11.7 Å². The van der Waals surface area contributed by atoms with Gasteiger partial charge in [-0.05, 0) is 65.2 Å². The quantitative estimate of drug-likeness (QED) is 0.659. The summed E-state index contributed by atoms with van der Waals surface area (Å²) < 4.78 is 11.5. The molecule has 1 aromatic heterocycles. The second-order valence-electron chi connectivity index (χ2n) is 10.2. The lowest BCUT2D eigenvalue weighted by atomic mass is 9.52. The van der Waals surface area contributed by atoms with Crippen molar-refractivity contribution in [2.24, 2.45) is 17.8 Å². The Labute approximate surface area is 184 Å². The van der Waals surface area contributed by atoms with E-state index in [-0.39, 0.29) is 40.7 Å². The van der Waals surface area contributed by atoms with Crippen molar-refractivity contribution in [2.45, 2.75) is 83.5 Å². The number of nitrogens with one attached hydrogen (secondary N) is 3. The van der Waals surface area contributed by atoms with Crippen molar-refractivity contribution >= 4 is 11.8 Å². The molecular weight excluding hydrogens is 396 g/mol. The fraction of sp³-hybridized carbons (Fsp3) is 0.783. The van der Waals surface area contributed by atoms with Crippen LogP contribution in [0.2, 0.25) is 0 Å². The summed E-state index contributed by atoms with van der Waals surface area (Å²) in [6, 6.07) is 0.314. The van der Waals surface area contributed by atoms with Crippen LogP contribution in [0, 0.1) is 24.7 Å². The Hall–Kier alpha value is -1.93. The molecular formula is C23H36N4O4. The van der Waals surface area contributed by atoms with E-state index in [0.717, 1.165) is 19.3 Å². The fourth-order valence-electron chi connectivity index (χ4n) is 6.59. The third kappa shape index (κ3) is 4.00. The Bertz CT molecular complexity index is 837. The third-order valence-electron chi connectivity index (χ3n) is 8.00. The maximum atomic E-state index is 12.4. The van der Waals surface area contributed by atoms with Gasteiger partial charge in [0, 0.05) is 37.6 Å². The predicted molar refractivity (Wildman–Crippen MR) is 115 cm³/mol. The summed E-state index contributed by atoms with van der Waals surface area (Å²) >= 11 is 0. The molecule has 172 valence electrons. The molecule has 1 aromatic rings. The number of rotatable bonds is 5. The Kier molecular flexibility index (Phi) is 5.89. The number of amides is 2. The number of aryl methyl sites for hydroxylation is 1. The Morgan fingerprint density at radius 1 is 1.29 bits per heavy atom. The second-order valence-corrected chi connectivity index (χ2v) is 10.2. The molecule has 0 aromatic carbocycles. The SMILES string of the molecule is CC(=O)N[C@]12CCO[C@@H](CCNC(=O)c3ocnc3C)[C@@H]1C[C@H]1C[C@H]2[C@@H](C)NC1(C)C. The van der Waals surface area contributed by atoms with Crippen LogP contribution < -0.4 is 16.0 Å². The van der Waals surface area contributed by atoms with Crippen LogP contribution in [0.5, 0.6) is 0 Å². The first-order valence-electron chi connectivity index (χ1n) is 11.5. The van der Waals surface area contributed by atoms with Gasteiger partial charge in [0.1, 0.15) is 0 Å². The number of carbonyl (C=O) groups is 2. The zero-order valence-electron chi connectivity index (χ0n) is 19.3. The van der Waals surface area contributed by atoms with Gasteiger partial charge >= 0.3 is 0 Å². The maximum absolute atomic E-state index is 12.4. The third-order valence-corrected chi connectivity index (χ3v) is 8.00. The first kappa shape index (κ1) is 22.3. The molecule has 1 aliphatic carbocycles. The number of nitrogens with zero attached hydrogens (tertiary/aromatic N) is 1. The van der Waals surface area contributed by atoms with Gasteiger partial charge in [-0.2, -0.15) is 0 Å². The number of piperidine rings is 1. The molecule has 6 atom stereocenters. The van der Waals surface area contributed by atoms with Crippen LogP contribution in [0.15, 0.2) is 10.8 Å². The van der Waals surface area contributed by atoms with Gasteiger partial charge in [-0.15, -0.1) is 0 Å². The number of aromatic nitrogens is 1. The highest BCUT2D eigenvalue weighted by atomic mass is 16.5. The molecule has 2 saturated heterocycles. The van der Waals surface area contributed by atoms with Crippen LogP contribution in [0.3, 0.4) is 0 Å². The highest BCUT2D eigenvalue weighted by Crippen LogP contribution is 2.54. The highest BCUT2D eigenvalue weighted by Gasteiger charge is 2.60. The van der Waals surface area contributed by atoms with E-state index in [4.69, 9.17) is 9.15 Å². The van der Waals surface area contributed by atoms with Crippen LogP contribution >= 0.6 is 0 Å². The van der Waals surface area contributed by atoms with E-state index < -0.39 is 0 Å². The molecule has 8 nitrogen and oxygen atoms in total. The van der Waals surface area contributed by atoms with Crippen LogP contribution in [-0.2, 0) is 9.53 Å². The minimum absolute atomic E-state index is 0.0110. The monoisotopic (exact) mass is 432 g/mol. The van der Waals surface area contributed by atoms with Crippen molar-refractivity contribution < 1.29 is 18.7 Å². The first-order valence-corrected chi connectivity index (χ1v) is 11.5. The smallest absolute Gasteiger partial charge is 0.288 e. The molecule has 3 fully saturated rings. The first-order chi connectivity index (χ1) is 14.6. The van der Waals surface area contributed by atoms with Crippen LogP contribution in [0.1, 0.15) is 69.6 Å². The summed E-state index contributed by atoms with van der Waals surface area (Å²) in [5.74, 6) is 1.14. The topological polar surface area (TPSA) is 105 Å². The van der Waals surface area contributed by atoms with Crippen molar-refractivity contribution in [3.8, 4) is 0 Å². The zero-order valence-corrected chi connectivity index (χ0v) is 19.3. The van der Waals surface area contributed by atoms with E-state index >= 15 is 0 Å². The van der Waals surface area contributed by atoms with Gasteiger partial charge < -0.3 is 25.1 Å². The Morgan fingerprint density at radius 2 is 2.03 bits per heavy atom. The highest BCUT2D eigenvalue weighted by molar-refractivity contribution is 5.92. The van der Waals surface area contributed by atoms with Gasteiger partial charge in [-0.3, -0.25) is 9.59 Å². The number of ether oxygens (including phenoxy) is 1. The van der Waals surface area contributed by atoms with E-state index in [1.807, 2.05) is 0 Å². The normalized spacial score (nSPS) is 36.4. The summed E-state index contributed by atoms with van der Waals surface area (Å²) in [6.45, 7) is 11.3. The standard InChI is InChI=1S/C23H36N4O4/c1-13-17-10-16(22(4,5)26-13)11-18-19(30-9-7-23(17,18)27-15(3)28)6-8-24-21(29)20-14(2)25-12-31-20/h12-13,16-19,26H,6-11H2,1-5H3,(H,24,29)(H,27,28)/t13-,16-,17+,18+,19+,23+/m1/s1. The maximum Gasteiger partial charge on any atom is 0.288 e. The molecule has 0 unspecified atom stereocenters. The number of hydrogen-bond acceptors (Lipinski definition) is 6. The fourth-order valence-corrected chi connectivity index (χ4v) is 6.59. The van der Waals surface area contributed by atoms with Gasteiger partial charge in [0.05, 0.1) is 17.3 Å². The van der Waals surface area contributed by atoms with Gasteiger partial charge in [-0.25, -0.2) is 4.98 Å². The lowest BCUT2D eigenvalue weighted by Gasteiger charge is -2.63. The molecule has 4 rings (SSSR count). The number of oxazole rings is 1. The molecule has 2 aliphatic heterocycles. The molecule has 0 radical (unpaired) electrons. The van der Waals surface area contributed by atoms with E-state index in [1.165, 1.54) is 6.39 Å². The molecule has 8 heteroatoms. The predicted octanol–water partition coefficient (Wildman–Crippen LogP) is 2.18. The van der Waals surface area contributed by atoms with Gasteiger partial charge in [0.25, 0.3) is 5.91 Å². The molecule has 31 heavy (non-hydrogen) atoms. The van der Waals surface area contributed by atoms with Gasteiger partial charge in [-0.1, -0.05) is 0 Å². The number of fused-ring (bicyclic) bond motifs is 4. The van der Waals surface area contributed by atoms with Crippen molar-refractivity contribution in [1.82, 2.24) is 20.9 Å². The minimum atomic E-state index is -0.264. The van der Waals surface area contributed by atoms with Crippen molar-refractivity contribution in [1.29, 1.82) is 0 Å². The molecule has 0 spiro atoms. The average molecular weight is 433 g/mol. The van der Waals surface area contributed by atoms with E-state index in [2.05, 4.69) is 41.7 Å². The van der Waals surface area contributed by atoms with Crippen LogP contribution in [-0.4, -0.2) is 53.2 Å².